The molecular weight excluding hydrogens is 333 g/mol. The highest BCUT2D eigenvalue weighted by atomic mass is 32.2. The van der Waals surface area contributed by atoms with E-state index in [4.69, 9.17) is 9.47 Å². The van der Waals surface area contributed by atoms with Crippen LogP contribution in [0.5, 0.6) is 0 Å². The first kappa shape index (κ1) is 17.0. The Morgan fingerprint density at radius 2 is 1.75 bits per heavy atom. The highest BCUT2D eigenvalue weighted by molar-refractivity contribution is 7.89. The van der Waals surface area contributed by atoms with Gasteiger partial charge in [0.25, 0.3) is 0 Å². The number of sulfonamides is 1. The monoisotopic (exact) mass is 351 g/mol. The van der Waals surface area contributed by atoms with Crippen molar-refractivity contribution in [1.29, 1.82) is 0 Å². The van der Waals surface area contributed by atoms with Crippen LogP contribution in [0.15, 0.2) is 53.4 Å². The van der Waals surface area contributed by atoms with Gasteiger partial charge in [-0.05, 0) is 36.8 Å². The SMILES string of the molecule is COC1CN(S(=O)(=O)c2ccc(C)cc2)C(c2ccc(F)cc2)O1. The third-order valence-electron chi connectivity index (χ3n) is 3.92. The molecule has 5 nitrogen and oxygen atoms in total. The van der Waals surface area contributed by atoms with Gasteiger partial charge >= 0.3 is 0 Å². The quantitative estimate of drug-likeness (QED) is 0.850. The highest BCUT2D eigenvalue weighted by Crippen LogP contribution is 2.35. The molecule has 128 valence electrons. The first-order valence-electron chi connectivity index (χ1n) is 7.44. The summed E-state index contributed by atoms with van der Waals surface area (Å²) < 4.78 is 51.2. The van der Waals surface area contributed by atoms with Crippen molar-refractivity contribution in [2.75, 3.05) is 13.7 Å². The number of hydrogen-bond acceptors (Lipinski definition) is 4. The second-order valence-electron chi connectivity index (χ2n) is 5.59. The average Bonchev–Trinajstić information content (AvgIpc) is 3.01. The second kappa shape index (κ2) is 6.60. The Morgan fingerprint density at radius 1 is 1.12 bits per heavy atom. The fraction of sp³-hybridized carbons (Fsp3) is 0.294. The molecule has 0 amide bonds. The van der Waals surface area contributed by atoms with E-state index in [9.17, 15) is 12.8 Å². The van der Waals surface area contributed by atoms with Crippen LogP contribution < -0.4 is 0 Å². The van der Waals surface area contributed by atoms with Gasteiger partial charge in [-0.15, -0.1) is 0 Å². The number of rotatable bonds is 4. The molecule has 0 spiro atoms. The van der Waals surface area contributed by atoms with Crippen molar-refractivity contribution in [3.8, 4) is 0 Å². The van der Waals surface area contributed by atoms with Crippen molar-refractivity contribution in [1.82, 2.24) is 4.31 Å². The lowest BCUT2D eigenvalue weighted by molar-refractivity contribution is -0.114. The Balaban J connectivity index is 1.99. The molecular formula is C17H18FNO4S. The Morgan fingerprint density at radius 3 is 2.33 bits per heavy atom. The molecule has 1 aliphatic heterocycles. The largest absolute Gasteiger partial charge is 0.354 e. The van der Waals surface area contributed by atoms with Crippen molar-refractivity contribution >= 4 is 10.0 Å². The van der Waals surface area contributed by atoms with Crippen LogP contribution in [0.25, 0.3) is 0 Å². The fourth-order valence-corrected chi connectivity index (χ4v) is 4.06. The fourth-order valence-electron chi connectivity index (χ4n) is 2.57. The summed E-state index contributed by atoms with van der Waals surface area (Å²) in [6, 6.07) is 12.2. The Hall–Kier alpha value is -1.80. The van der Waals surface area contributed by atoms with E-state index in [2.05, 4.69) is 0 Å². The van der Waals surface area contributed by atoms with Gasteiger partial charge in [-0.3, -0.25) is 0 Å². The van der Waals surface area contributed by atoms with E-state index >= 15 is 0 Å². The molecule has 1 aliphatic rings. The van der Waals surface area contributed by atoms with Gasteiger partial charge in [-0.1, -0.05) is 29.8 Å². The second-order valence-corrected chi connectivity index (χ2v) is 7.48. The number of benzene rings is 2. The van der Waals surface area contributed by atoms with Crippen LogP contribution in [-0.2, 0) is 19.5 Å². The lowest BCUT2D eigenvalue weighted by Gasteiger charge is -2.22. The zero-order valence-electron chi connectivity index (χ0n) is 13.3. The van der Waals surface area contributed by atoms with E-state index in [-0.39, 0.29) is 11.4 Å². The molecule has 0 aromatic heterocycles. The number of hydrogen-bond donors (Lipinski definition) is 0. The van der Waals surface area contributed by atoms with E-state index < -0.39 is 28.4 Å². The number of nitrogens with zero attached hydrogens (tertiary/aromatic N) is 1. The van der Waals surface area contributed by atoms with Crippen molar-refractivity contribution in [3.05, 3.63) is 65.5 Å². The van der Waals surface area contributed by atoms with Crippen LogP contribution in [0.1, 0.15) is 17.4 Å². The van der Waals surface area contributed by atoms with Crippen molar-refractivity contribution in [2.45, 2.75) is 24.3 Å². The smallest absolute Gasteiger partial charge is 0.245 e. The lowest BCUT2D eigenvalue weighted by Crippen LogP contribution is -2.32. The molecule has 1 heterocycles. The molecule has 0 bridgehead atoms. The normalized spacial score (nSPS) is 22.0. The molecule has 0 saturated carbocycles. The Labute approximate surface area is 140 Å². The van der Waals surface area contributed by atoms with Crippen molar-refractivity contribution in [3.63, 3.8) is 0 Å². The average molecular weight is 351 g/mol. The summed E-state index contributed by atoms with van der Waals surface area (Å²) in [5, 5.41) is 0. The number of methoxy groups -OCH3 is 1. The molecule has 1 fully saturated rings. The number of ether oxygens (including phenoxy) is 2. The number of aryl methyl sites for hydroxylation is 1. The summed E-state index contributed by atoms with van der Waals surface area (Å²) in [7, 11) is -2.32. The zero-order valence-corrected chi connectivity index (χ0v) is 14.2. The maximum Gasteiger partial charge on any atom is 0.245 e. The van der Waals surface area contributed by atoms with Crippen LogP contribution in [0, 0.1) is 12.7 Å². The molecule has 0 N–H and O–H groups in total. The third kappa shape index (κ3) is 3.21. The maximum absolute atomic E-state index is 13.2. The summed E-state index contributed by atoms with van der Waals surface area (Å²) in [5.74, 6) is -0.395. The van der Waals surface area contributed by atoms with E-state index in [0.29, 0.717) is 5.56 Å². The van der Waals surface area contributed by atoms with Gasteiger partial charge in [0, 0.05) is 7.11 Å². The predicted molar refractivity (Wildman–Crippen MR) is 86.1 cm³/mol. The van der Waals surface area contributed by atoms with Gasteiger partial charge < -0.3 is 9.47 Å². The van der Waals surface area contributed by atoms with Crippen LogP contribution in [-0.4, -0.2) is 32.7 Å². The molecule has 2 aromatic carbocycles. The van der Waals surface area contributed by atoms with Crippen LogP contribution in [0.4, 0.5) is 4.39 Å². The first-order chi connectivity index (χ1) is 11.4. The highest BCUT2D eigenvalue weighted by Gasteiger charge is 2.42. The molecule has 1 saturated heterocycles. The standard InChI is InChI=1S/C17H18FNO4S/c1-12-3-9-15(10-4-12)24(20,21)19-11-16(22-2)23-17(19)13-5-7-14(18)8-6-13/h3-10,16-17H,11H2,1-2H3. The predicted octanol–water partition coefficient (Wildman–Crippen LogP) is 2.83. The molecule has 7 heteroatoms. The zero-order chi connectivity index (χ0) is 17.3. The summed E-state index contributed by atoms with van der Waals surface area (Å²) in [6.45, 7) is 1.95. The Kier molecular flexibility index (Phi) is 4.69. The summed E-state index contributed by atoms with van der Waals surface area (Å²) in [4.78, 5) is 0.181. The molecule has 3 rings (SSSR count). The van der Waals surface area contributed by atoms with E-state index in [1.807, 2.05) is 6.92 Å². The first-order valence-corrected chi connectivity index (χ1v) is 8.88. The summed E-state index contributed by atoms with van der Waals surface area (Å²) in [5.41, 5.74) is 1.52. The third-order valence-corrected chi connectivity index (χ3v) is 5.74. The summed E-state index contributed by atoms with van der Waals surface area (Å²) in [6.07, 6.45) is -1.54. The van der Waals surface area contributed by atoms with Crippen LogP contribution in [0.2, 0.25) is 0 Å². The van der Waals surface area contributed by atoms with Crippen molar-refractivity contribution < 1.29 is 22.3 Å². The summed E-state index contributed by atoms with van der Waals surface area (Å²) >= 11 is 0. The van der Waals surface area contributed by atoms with Crippen LogP contribution >= 0.6 is 0 Å². The molecule has 0 radical (unpaired) electrons. The molecule has 2 unspecified atom stereocenters. The van der Waals surface area contributed by atoms with Gasteiger partial charge in [0.05, 0.1) is 11.4 Å². The van der Waals surface area contributed by atoms with Gasteiger partial charge in [-0.2, -0.15) is 4.31 Å². The van der Waals surface area contributed by atoms with E-state index in [0.717, 1.165) is 5.56 Å². The van der Waals surface area contributed by atoms with E-state index in [1.165, 1.54) is 35.7 Å². The van der Waals surface area contributed by atoms with E-state index in [1.54, 1.807) is 24.3 Å². The van der Waals surface area contributed by atoms with Crippen molar-refractivity contribution in [2.24, 2.45) is 0 Å². The molecule has 0 aliphatic carbocycles. The minimum Gasteiger partial charge on any atom is -0.354 e. The van der Waals surface area contributed by atoms with Gasteiger partial charge in [0.2, 0.25) is 10.0 Å². The topological polar surface area (TPSA) is 55.8 Å². The molecule has 2 aromatic rings. The minimum atomic E-state index is -3.77. The Bertz CT molecular complexity index is 805. The van der Waals surface area contributed by atoms with Crippen LogP contribution in [0.3, 0.4) is 0 Å². The van der Waals surface area contributed by atoms with Gasteiger partial charge in [0.15, 0.2) is 12.5 Å². The van der Waals surface area contributed by atoms with Gasteiger partial charge in [-0.25, -0.2) is 12.8 Å². The minimum absolute atomic E-state index is 0.0642. The number of halogens is 1. The molecule has 2 atom stereocenters. The maximum atomic E-state index is 13.2. The lowest BCUT2D eigenvalue weighted by atomic mass is 10.2. The van der Waals surface area contributed by atoms with Gasteiger partial charge in [0.1, 0.15) is 5.82 Å². The molecule has 24 heavy (non-hydrogen) atoms.